The molecule has 0 fully saturated rings. The summed E-state index contributed by atoms with van der Waals surface area (Å²) in [5, 5.41) is 0. The van der Waals surface area contributed by atoms with E-state index in [1.54, 1.807) is 20.8 Å². The first-order chi connectivity index (χ1) is 7.80. The van der Waals surface area contributed by atoms with Gasteiger partial charge < -0.3 is 14.4 Å². The number of ether oxygens (including phenoxy) is 2. The Morgan fingerprint density at radius 2 is 1.65 bits per heavy atom. The first-order valence-corrected chi connectivity index (χ1v) is 5.21. The van der Waals surface area contributed by atoms with Crippen LogP contribution >= 0.6 is 0 Å². The third kappa shape index (κ3) is 7.16. The highest BCUT2D eigenvalue weighted by Gasteiger charge is 2.22. The molecule has 0 rings (SSSR count). The molecule has 5 nitrogen and oxygen atoms in total. The Morgan fingerprint density at radius 1 is 1.18 bits per heavy atom. The predicted octanol–water partition coefficient (Wildman–Crippen LogP) is 2.73. The van der Waals surface area contributed by atoms with Gasteiger partial charge in [-0.1, -0.05) is 12.2 Å². The van der Waals surface area contributed by atoms with E-state index in [1.165, 1.54) is 17.1 Å². The van der Waals surface area contributed by atoms with E-state index in [2.05, 4.69) is 17.9 Å². The summed E-state index contributed by atoms with van der Waals surface area (Å²) >= 11 is 0. The summed E-state index contributed by atoms with van der Waals surface area (Å²) in [5.74, 6) is 0. The molecular formula is C12H19NO4. The van der Waals surface area contributed by atoms with Crippen LogP contribution < -0.4 is 0 Å². The van der Waals surface area contributed by atoms with E-state index < -0.39 is 17.8 Å². The van der Waals surface area contributed by atoms with Crippen molar-refractivity contribution in [2.75, 3.05) is 13.1 Å². The van der Waals surface area contributed by atoms with Crippen LogP contribution in [0.1, 0.15) is 20.8 Å². The topological polar surface area (TPSA) is 55.8 Å². The highest BCUT2D eigenvalue weighted by molar-refractivity contribution is 5.81. The van der Waals surface area contributed by atoms with E-state index >= 15 is 0 Å². The van der Waals surface area contributed by atoms with Gasteiger partial charge in [-0.3, -0.25) is 0 Å². The van der Waals surface area contributed by atoms with Gasteiger partial charge in [-0.2, -0.15) is 0 Å². The van der Waals surface area contributed by atoms with Gasteiger partial charge in [-0.05, 0) is 20.8 Å². The average molecular weight is 241 g/mol. The van der Waals surface area contributed by atoms with Crippen LogP contribution in [0.15, 0.2) is 25.3 Å². The van der Waals surface area contributed by atoms with Crippen molar-refractivity contribution in [1.82, 2.24) is 4.90 Å². The molecular weight excluding hydrogens is 222 g/mol. The van der Waals surface area contributed by atoms with Gasteiger partial charge in [0.1, 0.15) is 5.60 Å². The molecule has 96 valence electrons. The molecule has 0 spiro atoms. The normalized spacial score (nSPS) is 10.3. The van der Waals surface area contributed by atoms with E-state index in [0.29, 0.717) is 0 Å². The Labute approximate surface area is 102 Å². The second-order valence-electron chi connectivity index (χ2n) is 4.31. The van der Waals surface area contributed by atoms with Crippen molar-refractivity contribution in [3.8, 4) is 0 Å². The highest BCUT2D eigenvalue weighted by Crippen LogP contribution is 2.09. The summed E-state index contributed by atoms with van der Waals surface area (Å²) in [5.41, 5.74) is -0.695. The van der Waals surface area contributed by atoms with Crippen LogP contribution in [0, 0.1) is 0 Å². The van der Waals surface area contributed by atoms with Crippen LogP contribution in [-0.4, -0.2) is 35.8 Å². The Bertz CT molecular complexity index is 294. The molecule has 0 unspecified atom stereocenters. The Balaban J connectivity index is 4.34. The van der Waals surface area contributed by atoms with E-state index in [1.807, 2.05) is 0 Å². The van der Waals surface area contributed by atoms with Gasteiger partial charge in [0.25, 0.3) is 0 Å². The maximum absolute atomic E-state index is 11.5. The highest BCUT2D eigenvalue weighted by atomic mass is 16.8. The fraction of sp³-hybridized carbons (Fsp3) is 0.500. The third-order valence-corrected chi connectivity index (χ3v) is 1.52. The van der Waals surface area contributed by atoms with Gasteiger partial charge >= 0.3 is 12.2 Å². The SMILES string of the molecule is C=CCN(CC=C)C(=O)OC(=O)OC(C)(C)C. The summed E-state index contributed by atoms with van der Waals surface area (Å²) in [7, 11) is 0. The van der Waals surface area contributed by atoms with Gasteiger partial charge in [0.2, 0.25) is 0 Å². The fourth-order valence-electron chi connectivity index (χ4n) is 0.942. The first-order valence-electron chi connectivity index (χ1n) is 5.21. The van der Waals surface area contributed by atoms with Gasteiger partial charge in [0.05, 0.1) is 0 Å². The molecule has 0 aliphatic rings. The lowest BCUT2D eigenvalue weighted by molar-refractivity contribution is 0.00375. The largest absolute Gasteiger partial charge is 0.517 e. The fourth-order valence-corrected chi connectivity index (χ4v) is 0.942. The van der Waals surface area contributed by atoms with Crippen molar-refractivity contribution in [2.24, 2.45) is 0 Å². The molecule has 0 saturated heterocycles. The Hall–Kier alpha value is -1.78. The molecule has 0 N–H and O–H groups in total. The number of nitrogens with zero attached hydrogens (tertiary/aromatic N) is 1. The van der Waals surface area contributed by atoms with E-state index in [0.717, 1.165) is 0 Å². The van der Waals surface area contributed by atoms with E-state index in [4.69, 9.17) is 4.74 Å². The maximum Gasteiger partial charge on any atom is 0.517 e. The van der Waals surface area contributed by atoms with Gasteiger partial charge in [-0.15, -0.1) is 13.2 Å². The van der Waals surface area contributed by atoms with E-state index in [-0.39, 0.29) is 13.1 Å². The van der Waals surface area contributed by atoms with Crippen LogP contribution in [0.4, 0.5) is 9.59 Å². The Morgan fingerprint density at radius 3 is 2.00 bits per heavy atom. The molecule has 0 aromatic rings. The molecule has 1 amide bonds. The first kappa shape index (κ1) is 15.2. The number of hydrogen-bond donors (Lipinski definition) is 0. The van der Waals surface area contributed by atoms with Crippen LogP contribution in [0.3, 0.4) is 0 Å². The van der Waals surface area contributed by atoms with Crippen LogP contribution in [0.25, 0.3) is 0 Å². The molecule has 0 saturated carbocycles. The minimum absolute atomic E-state index is 0.271. The zero-order valence-corrected chi connectivity index (χ0v) is 10.6. The summed E-state index contributed by atoms with van der Waals surface area (Å²) < 4.78 is 9.38. The average Bonchev–Trinajstić information content (AvgIpc) is 2.14. The summed E-state index contributed by atoms with van der Waals surface area (Å²) in [4.78, 5) is 24.0. The lowest BCUT2D eigenvalue weighted by Gasteiger charge is -2.21. The van der Waals surface area contributed by atoms with Crippen molar-refractivity contribution in [1.29, 1.82) is 0 Å². The minimum Gasteiger partial charge on any atom is -0.428 e. The number of hydrogen-bond acceptors (Lipinski definition) is 4. The monoisotopic (exact) mass is 241 g/mol. The lowest BCUT2D eigenvalue weighted by Crippen LogP contribution is -2.35. The van der Waals surface area contributed by atoms with Crippen LogP contribution in [-0.2, 0) is 9.47 Å². The van der Waals surface area contributed by atoms with Crippen molar-refractivity contribution < 1.29 is 19.1 Å². The zero-order chi connectivity index (χ0) is 13.5. The van der Waals surface area contributed by atoms with Crippen LogP contribution in [0.5, 0.6) is 0 Å². The molecule has 0 aromatic carbocycles. The minimum atomic E-state index is -1.01. The number of amides is 1. The predicted molar refractivity (Wildman–Crippen MR) is 64.7 cm³/mol. The maximum atomic E-state index is 11.5. The van der Waals surface area contributed by atoms with E-state index in [9.17, 15) is 9.59 Å². The second kappa shape index (κ2) is 6.73. The lowest BCUT2D eigenvalue weighted by atomic mass is 10.2. The third-order valence-electron chi connectivity index (χ3n) is 1.52. The zero-order valence-electron chi connectivity index (χ0n) is 10.6. The molecule has 0 atom stereocenters. The molecule has 0 aliphatic heterocycles. The number of rotatable bonds is 4. The van der Waals surface area contributed by atoms with Gasteiger partial charge in [0.15, 0.2) is 0 Å². The van der Waals surface area contributed by atoms with Crippen molar-refractivity contribution in [3.05, 3.63) is 25.3 Å². The molecule has 0 radical (unpaired) electrons. The van der Waals surface area contributed by atoms with Crippen molar-refractivity contribution >= 4 is 12.2 Å². The summed E-state index contributed by atoms with van der Waals surface area (Å²) in [6.45, 7) is 12.6. The summed E-state index contributed by atoms with van der Waals surface area (Å²) in [6.07, 6.45) is 1.26. The molecule has 0 aromatic heterocycles. The molecule has 0 bridgehead atoms. The van der Waals surface area contributed by atoms with Crippen molar-refractivity contribution in [2.45, 2.75) is 26.4 Å². The quantitative estimate of drug-likeness (QED) is 0.431. The standard InChI is InChI=1S/C12H19NO4/c1-6-8-13(9-7-2)10(14)16-11(15)17-12(3,4)5/h6-7H,1-2,8-9H2,3-5H3. The van der Waals surface area contributed by atoms with Gasteiger partial charge in [0, 0.05) is 13.1 Å². The second-order valence-corrected chi connectivity index (χ2v) is 4.31. The molecule has 0 heterocycles. The Kier molecular flexibility index (Phi) is 6.02. The molecule has 5 heteroatoms. The van der Waals surface area contributed by atoms with Crippen molar-refractivity contribution in [3.63, 3.8) is 0 Å². The summed E-state index contributed by atoms with van der Waals surface area (Å²) in [6, 6.07) is 0. The van der Waals surface area contributed by atoms with Crippen LogP contribution in [0.2, 0.25) is 0 Å². The van der Waals surface area contributed by atoms with Gasteiger partial charge in [-0.25, -0.2) is 9.59 Å². The molecule has 0 aliphatic carbocycles. The number of carbonyl (C=O) groups is 2. The smallest absolute Gasteiger partial charge is 0.428 e. The number of carbonyl (C=O) groups excluding carboxylic acids is 2. The molecule has 17 heavy (non-hydrogen) atoms.